The van der Waals surface area contributed by atoms with Crippen LogP contribution >= 0.6 is 0 Å². The van der Waals surface area contributed by atoms with Crippen LogP contribution in [0.1, 0.15) is 42.7 Å². The van der Waals surface area contributed by atoms with Gasteiger partial charge in [-0.1, -0.05) is 48.5 Å². The Morgan fingerprint density at radius 1 is 1.00 bits per heavy atom. The van der Waals surface area contributed by atoms with E-state index < -0.39 is 29.6 Å². The Bertz CT molecular complexity index is 1170. The van der Waals surface area contributed by atoms with Gasteiger partial charge in [-0.05, 0) is 47.4 Å². The lowest BCUT2D eigenvalue weighted by Crippen LogP contribution is -2.45. The number of carboxylic acids is 1. The number of ether oxygens (including phenoxy) is 1. The average molecular weight is 477 g/mol. The fourth-order valence-corrected chi connectivity index (χ4v) is 6.63. The molecule has 0 radical (unpaired) electrons. The van der Waals surface area contributed by atoms with Crippen molar-refractivity contribution in [2.75, 3.05) is 13.2 Å². The Kier molecular flexibility index (Phi) is 5.11. The number of likely N-dealkylation sites (tertiary alicyclic amines) is 1. The highest BCUT2D eigenvalue weighted by Gasteiger charge is 2.67. The van der Waals surface area contributed by atoms with Crippen LogP contribution in [0.2, 0.25) is 0 Å². The smallest absolute Gasteiger partial charge is 0.407 e. The van der Waals surface area contributed by atoms with E-state index >= 15 is 0 Å². The van der Waals surface area contributed by atoms with Crippen molar-refractivity contribution >= 4 is 18.0 Å². The number of β-amino-alcohol motifs (C(OH)–C–C–N with tert-alkyl or cyclic N) is 1. The molecule has 1 aliphatic heterocycles. The van der Waals surface area contributed by atoms with Gasteiger partial charge in [0.05, 0.1) is 11.5 Å². The maximum Gasteiger partial charge on any atom is 0.407 e. The Morgan fingerprint density at radius 2 is 1.66 bits per heavy atom. The number of amides is 2. The number of hydrogen-bond donors (Lipinski definition) is 3. The number of rotatable bonds is 5. The molecule has 2 amide bonds. The van der Waals surface area contributed by atoms with Crippen molar-refractivity contribution < 1.29 is 29.3 Å². The molecule has 2 aromatic carbocycles. The lowest BCUT2D eigenvalue weighted by atomic mass is 9.98. The van der Waals surface area contributed by atoms with E-state index in [2.05, 4.69) is 29.6 Å². The first-order valence-electron chi connectivity index (χ1n) is 12.2. The molecule has 35 heavy (non-hydrogen) atoms. The van der Waals surface area contributed by atoms with E-state index in [1.807, 2.05) is 24.3 Å². The summed E-state index contributed by atoms with van der Waals surface area (Å²) in [4.78, 5) is 38.8. The number of carboxylic acid groups (broad SMARTS) is 1. The molecule has 6 rings (SSSR count). The minimum Gasteiger partial charge on any atom is -0.480 e. The molecular formula is C27H28N2O6. The fourth-order valence-electron chi connectivity index (χ4n) is 6.63. The largest absolute Gasteiger partial charge is 0.480 e. The molecule has 8 heteroatoms. The minimum atomic E-state index is -1.09. The second kappa shape index (κ2) is 8.09. The topological polar surface area (TPSA) is 116 Å². The van der Waals surface area contributed by atoms with Gasteiger partial charge >= 0.3 is 12.1 Å². The van der Waals surface area contributed by atoms with Gasteiger partial charge in [-0.3, -0.25) is 4.79 Å². The number of benzene rings is 2. The van der Waals surface area contributed by atoms with E-state index in [0.717, 1.165) is 11.1 Å². The highest BCUT2D eigenvalue weighted by atomic mass is 16.5. The van der Waals surface area contributed by atoms with E-state index in [4.69, 9.17) is 4.74 Å². The molecule has 0 unspecified atom stereocenters. The van der Waals surface area contributed by atoms with Crippen molar-refractivity contribution in [3.63, 3.8) is 0 Å². The fraction of sp³-hybridized carbons (Fsp3) is 0.444. The molecule has 3 aliphatic carbocycles. The summed E-state index contributed by atoms with van der Waals surface area (Å²) < 4.78 is 5.65. The molecule has 5 atom stereocenters. The number of carbonyl (C=O) groups is 3. The zero-order valence-electron chi connectivity index (χ0n) is 19.2. The zero-order chi connectivity index (χ0) is 24.3. The van der Waals surface area contributed by atoms with Gasteiger partial charge < -0.3 is 25.2 Å². The van der Waals surface area contributed by atoms with Crippen LogP contribution in [0.4, 0.5) is 4.79 Å². The van der Waals surface area contributed by atoms with Crippen LogP contribution in [-0.2, 0) is 14.3 Å². The monoisotopic (exact) mass is 476 g/mol. The lowest BCUT2D eigenvalue weighted by Gasteiger charge is -2.26. The standard InChI is InChI=1S/C27H28N2O6/c30-17-10-23(24(31)32)29(13-17)25(33)27-11-15(27)9-16(12-27)28-26(34)35-14-22-20-7-3-1-5-18(20)19-6-2-4-8-21(19)22/h1-8,15-17,22-23,30H,9-14H2,(H,28,34)(H,31,32)/t15-,16+,17+,23+,27+/m1/s1. The van der Waals surface area contributed by atoms with Crippen LogP contribution in [0, 0.1) is 11.3 Å². The van der Waals surface area contributed by atoms with Gasteiger partial charge in [-0.25, -0.2) is 9.59 Å². The van der Waals surface area contributed by atoms with E-state index in [1.54, 1.807) is 0 Å². The molecule has 0 bridgehead atoms. The molecule has 3 fully saturated rings. The molecule has 1 saturated heterocycles. The van der Waals surface area contributed by atoms with Crippen molar-refractivity contribution in [3.05, 3.63) is 59.7 Å². The summed E-state index contributed by atoms with van der Waals surface area (Å²) in [7, 11) is 0. The quantitative estimate of drug-likeness (QED) is 0.611. The van der Waals surface area contributed by atoms with E-state index in [1.165, 1.54) is 16.0 Å². The van der Waals surface area contributed by atoms with Crippen LogP contribution in [0.5, 0.6) is 0 Å². The first-order chi connectivity index (χ1) is 16.9. The number of nitrogens with one attached hydrogen (secondary N) is 1. The molecule has 0 spiro atoms. The Morgan fingerprint density at radius 3 is 2.31 bits per heavy atom. The number of hydrogen-bond acceptors (Lipinski definition) is 5. The predicted molar refractivity (Wildman–Crippen MR) is 126 cm³/mol. The van der Waals surface area contributed by atoms with Gasteiger partial charge in [-0.2, -0.15) is 0 Å². The van der Waals surface area contributed by atoms with Crippen molar-refractivity contribution in [3.8, 4) is 11.1 Å². The molecule has 182 valence electrons. The van der Waals surface area contributed by atoms with Gasteiger partial charge in [0.25, 0.3) is 0 Å². The summed E-state index contributed by atoms with van der Waals surface area (Å²) in [6, 6.07) is 15.1. The second-order valence-electron chi connectivity index (χ2n) is 10.4. The lowest BCUT2D eigenvalue weighted by molar-refractivity contribution is -0.150. The van der Waals surface area contributed by atoms with Crippen molar-refractivity contribution in [2.24, 2.45) is 11.3 Å². The van der Waals surface area contributed by atoms with Gasteiger partial charge in [-0.15, -0.1) is 0 Å². The van der Waals surface area contributed by atoms with Gasteiger partial charge in [0, 0.05) is 24.9 Å². The Labute approximate surface area is 202 Å². The zero-order valence-corrected chi connectivity index (χ0v) is 19.2. The molecule has 0 aromatic heterocycles. The van der Waals surface area contributed by atoms with Crippen LogP contribution < -0.4 is 5.32 Å². The first-order valence-corrected chi connectivity index (χ1v) is 12.2. The molecule has 3 N–H and O–H groups in total. The van der Waals surface area contributed by atoms with Crippen molar-refractivity contribution in [1.82, 2.24) is 10.2 Å². The second-order valence-corrected chi connectivity index (χ2v) is 10.4. The molecule has 1 heterocycles. The van der Waals surface area contributed by atoms with E-state index in [-0.39, 0.29) is 43.4 Å². The maximum atomic E-state index is 13.2. The minimum absolute atomic E-state index is 0.0207. The van der Waals surface area contributed by atoms with Crippen LogP contribution in [0.3, 0.4) is 0 Å². The highest BCUT2D eigenvalue weighted by Crippen LogP contribution is 2.64. The number of carbonyl (C=O) groups excluding carboxylic acids is 2. The van der Waals surface area contributed by atoms with Crippen LogP contribution in [0.25, 0.3) is 11.1 Å². The van der Waals surface area contributed by atoms with Gasteiger partial charge in [0.2, 0.25) is 5.91 Å². The van der Waals surface area contributed by atoms with E-state index in [0.29, 0.717) is 19.3 Å². The molecule has 8 nitrogen and oxygen atoms in total. The molecule has 2 aromatic rings. The van der Waals surface area contributed by atoms with Gasteiger partial charge in [0.1, 0.15) is 12.6 Å². The number of fused-ring (bicyclic) bond motifs is 4. The number of nitrogens with zero attached hydrogens (tertiary/aromatic N) is 1. The first kappa shape index (κ1) is 22.1. The maximum absolute atomic E-state index is 13.2. The third kappa shape index (κ3) is 3.58. The third-order valence-corrected chi connectivity index (χ3v) is 8.33. The van der Waals surface area contributed by atoms with Crippen molar-refractivity contribution in [1.29, 1.82) is 0 Å². The third-order valence-electron chi connectivity index (χ3n) is 8.33. The van der Waals surface area contributed by atoms with Gasteiger partial charge in [0.15, 0.2) is 0 Å². The Hall–Kier alpha value is -3.39. The predicted octanol–water partition coefficient (Wildman–Crippen LogP) is 2.74. The number of aliphatic carboxylic acids is 1. The van der Waals surface area contributed by atoms with Crippen molar-refractivity contribution in [2.45, 2.75) is 49.8 Å². The number of alkyl carbamates (subject to hydrolysis) is 1. The summed E-state index contributed by atoms with van der Waals surface area (Å²) in [5, 5.41) is 22.3. The summed E-state index contributed by atoms with van der Waals surface area (Å²) in [5.41, 5.74) is 4.00. The summed E-state index contributed by atoms with van der Waals surface area (Å²) in [6.45, 7) is 0.279. The number of aliphatic hydroxyl groups excluding tert-OH is 1. The molecule has 2 saturated carbocycles. The summed E-state index contributed by atoms with van der Waals surface area (Å²) in [5.74, 6) is -1.19. The summed E-state index contributed by atoms with van der Waals surface area (Å²) >= 11 is 0. The van der Waals surface area contributed by atoms with Crippen LogP contribution in [-0.4, -0.2) is 64.4 Å². The highest BCUT2D eigenvalue weighted by molar-refractivity contribution is 5.91. The van der Waals surface area contributed by atoms with E-state index in [9.17, 15) is 24.6 Å². The molecular weight excluding hydrogens is 448 g/mol. The number of aliphatic hydroxyl groups is 1. The normalized spacial score (nSPS) is 30.4. The van der Waals surface area contributed by atoms with Crippen LogP contribution in [0.15, 0.2) is 48.5 Å². The SMILES string of the molecule is O=C(N[C@H]1C[C@@H]2C[C@]2(C(=O)N2C[C@@H](O)C[C@H]2C(=O)O)C1)OCC1c2ccccc2-c2ccccc21. The Balaban J connectivity index is 1.08. The average Bonchev–Trinajstić information content (AvgIpc) is 3.13. The molecule has 4 aliphatic rings. The summed E-state index contributed by atoms with van der Waals surface area (Å²) in [6.07, 6.45) is 0.589.